The van der Waals surface area contributed by atoms with Gasteiger partial charge in [-0.05, 0) is 44.0 Å². The molecule has 0 radical (unpaired) electrons. The summed E-state index contributed by atoms with van der Waals surface area (Å²) in [5, 5.41) is 0. The number of sulfonamides is 1. The highest BCUT2D eigenvalue weighted by molar-refractivity contribution is 7.89. The smallest absolute Gasteiger partial charge is 0.245 e. The molecule has 1 unspecified atom stereocenters. The average molecular weight is 344 g/mol. The summed E-state index contributed by atoms with van der Waals surface area (Å²) in [6, 6.07) is 13.7. The second-order valence-electron chi connectivity index (χ2n) is 6.05. The summed E-state index contributed by atoms with van der Waals surface area (Å²) in [6.07, 6.45) is 0.456. The molecule has 0 saturated carbocycles. The fraction of sp³-hybridized carbons (Fsp3) is 0.278. The molecule has 3 rings (SSSR count). The maximum atomic E-state index is 12.6. The average Bonchev–Trinajstić information content (AvgIpc) is 2.89. The summed E-state index contributed by atoms with van der Waals surface area (Å²) in [4.78, 5) is 14.4. The molecule has 1 N–H and O–H groups in total. The highest BCUT2D eigenvalue weighted by atomic mass is 32.2. The molecule has 1 atom stereocenters. The lowest BCUT2D eigenvalue weighted by Gasteiger charge is -2.18. The van der Waals surface area contributed by atoms with Gasteiger partial charge in [0.2, 0.25) is 15.9 Å². The molecule has 2 aromatic carbocycles. The maximum Gasteiger partial charge on any atom is 0.245 e. The Balaban J connectivity index is 1.79. The molecule has 6 heteroatoms. The topological polar surface area (TPSA) is 66.5 Å². The van der Waals surface area contributed by atoms with E-state index in [0.717, 1.165) is 11.3 Å². The van der Waals surface area contributed by atoms with Gasteiger partial charge in [0.25, 0.3) is 0 Å². The van der Waals surface area contributed by atoms with E-state index in [-0.39, 0.29) is 10.8 Å². The van der Waals surface area contributed by atoms with E-state index in [0.29, 0.717) is 18.5 Å². The van der Waals surface area contributed by atoms with Crippen molar-refractivity contribution in [3.8, 4) is 0 Å². The highest BCUT2D eigenvalue weighted by Gasteiger charge is 2.35. The number of aryl methyl sites for hydroxylation is 2. The molecule has 126 valence electrons. The lowest BCUT2D eigenvalue weighted by atomic mass is 10.2. The van der Waals surface area contributed by atoms with Crippen molar-refractivity contribution >= 4 is 21.6 Å². The Bertz CT molecular complexity index is 860. The van der Waals surface area contributed by atoms with E-state index in [1.165, 1.54) is 0 Å². The van der Waals surface area contributed by atoms with Crippen molar-refractivity contribution in [1.29, 1.82) is 0 Å². The Labute approximate surface area is 142 Å². The van der Waals surface area contributed by atoms with Gasteiger partial charge in [0.05, 0.1) is 4.90 Å². The van der Waals surface area contributed by atoms with Gasteiger partial charge in [-0.2, -0.15) is 4.72 Å². The largest absolute Gasteiger partial charge is 0.311 e. The van der Waals surface area contributed by atoms with Crippen LogP contribution >= 0.6 is 0 Å². The minimum atomic E-state index is -3.72. The number of carbonyl (C=O) groups excluding carboxylic acids is 1. The van der Waals surface area contributed by atoms with E-state index in [1.54, 1.807) is 36.1 Å². The summed E-state index contributed by atoms with van der Waals surface area (Å²) < 4.78 is 27.7. The summed E-state index contributed by atoms with van der Waals surface area (Å²) in [7, 11) is -3.72. The quantitative estimate of drug-likeness (QED) is 0.926. The summed E-state index contributed by atoms with van der Waals surface area (Å²) in [5.41, 5.74) is 2.57. The fourth-order valence-electron chi connectivity index (χ4n) is 2.88. The van der Waals surface area contributed by atoms with Gasteiger partial charge in [0, 0.05) is 12.2 Å². The van der Waals surface area contributed by atoms with Crippen LogP contribution in [-0.2, 0) is 14.8 Å². The number of anilines is 1. The number of nitrogens with zero attached hydrogens (tertiary/aromatic N) is 1. The van der Waals surface area contributed by atoms with Crippen molar-refractivity contribution < 1.29 is 13.2 Å². The lowest BCUT2D eigenvalue weighted by molar-refractivity contribution is -0.118. The number of rotatable bonds is 4. The van der Waals surface area contributed by atoms with Crippen LogP contribution in [0.1, 0.15) is 17.5 Å². The first-order valence-electron chi connectivity index (χ1n) is 7.84. The van der Waals surface area contributed by atoms with E-state index < -0.39 is 16.1 Å². The Morgan fingerprint density at radius 3 is 2.38 bits per heavy atom. The molecular weight excluding hydrogens is 324 g/mol. The van der Waals surface area contributed by atoms with Gasteiger partial charge in [-0.3, -0.25) is 4.79 Å². The monoisotopic (exact) mass is 344 g/mol. The van der Waals surface area contributed by atoms with E-state index in [1.807, 2.05) is 31.2 Å². The SMILES string of the molecule is Cc1ccc(N2CCC(NS(=O)(=O)c3ccccc3C)C2=O)cc1. The number of nitrogens with one attached hydrogen (secondary N) is 1. The Morgan fingerprint density at radius 2 is 1.71 bits per heavy atom. The van der Waals surface area contributed by atoms with Crippen molar-refractivity contribution in [2.45, 2.75) is 31.2 Å². The molecule has 1 amide bonds. The van der Waals surface area contributed by atoms with Crippen LogP contribution in [0.2, 0.25) is 0 Å². The van der Waals surface area contributed by atoms with Crippen LogP contribution < -0.4 is 9.62 Å². The summed E-state index contributed by atoms with van der Waals surface area (Å²) >= 11 is 0. The van der Waals surface area contributed by atoms with Gasteiger partial charge in [0.1, 0.15) is 6.04 Å². The molecule has 1 fully saturated rings. The molecular formula is C18H20N2O3S. The normalized spacial score (nSPS) is 18.2. The molecule has 0 bridgehead atoms. The van der Waals surface area contributed by atoms with Crippen LogP contribution in [-0.4, -0.2) is 26.9 Å². The zero-order chi connectivity index (χ0) is 17.3. The molecule has 1 heterocycles. The summed E-state index contributed by atoms with van der Waals surface area (Å²) in [5.74, 6) is -0.212. The first-order valence-corrected chi connectivity index (χ1v) is 9.33. The van der Waals surface area contributed by atoms with Gasteiger partial charge in [-0.1, -0.05) is 35.9 Å². The molecule has 1 aliphatic heterocycles. The molecule has 1 aliphatic rings. The Morgan fingerprint density at radius 1 is 1.04 bits per heavy atom. The second kappa shape index (κ2) is 6.37. The zero-order valence-electron chi connectivity index (χ0n) is 13.7. The van der Waals surface area contributed by atoms with Crippen molar-refractivity contribution in [3.63, 3.8) is 0 Å². The molecule has 5 nitrogen and oxygen atoms in total. The third-order valence-corrected chi connectivity index (χ3v) is 5.86. The Kier molecular flexibility index (Phi) is 4.43. The third-order valence-electron chi connectivity index (χ3n) is 4.23. The third kappa shape index (κ3) is 3.20. The Hall–Kier alpha value is -2.18. The highest BCUT2D eigenvalue weighted by Crippen LogP contribution is 2.23. The summed E-state index contributed by atoms with van der Waals surface area (Å²) in [6.45, 7) is 4.22. The standard InChI is InChI=1S/C18H20N2O3S/c1-13-7-9-15(10-8-13)20-12-11-16(18(20)21)19-24(22,23)17-6-4-3-5-14(17)2/h3-10,16,19H,11-12H2,1-2H3. The number of amides is 1. The lowest BCUT2D eigenvalue weighted by Crippen LogP contribution is -2.41. The van der Waals surface area contributed by atoms with E-state index in [9.17, 15) is 13.2 Å². The molecule has 0 aromatic heterocycles. The van der Waals surface area contributed by atoms with E-state index in [4.69, 9.17) is 0 Å². The second-order valence-corrected chi connectivity index (χ2v) is 7.74. The predicted octanol–water partition coefficient (Wildman–Crippen LogP) is 2.39. The molecule has 2 aromatic rings. The molecule has 24 heavy (non-hydrogen) atoms. The fourth-order valence-corrected chi connectivity index (χ4v) is 4.35. The zero-order valence-corrected chi connectivity index (χ0v) is 14.5. The predicted molar refractivity (Wildman–Crippen MR) is 93.4 cm³/mol. The van der Waals surface area contributed by atoms with Crippen LogP contribution in [0.5, 0.6) is 0 Å². The first kappa shape index (κ1) is 16.7. The number of hydrogen-bond donors (Lipinski definition) is 1. The van der Waals surface area contributed by atoms with Crippen LogP contribution in [0.3, 0.4) is 0 Å². The van der Waals surface area contributed by atoms with Gasteiger partial charge in [0.15, 0.2) is 0 Å². The van der Waals surface area contributed by atoms with Crippen molar-refractivity contribution in [2.75, 3.05) is 11.4 Å². The molecule has 1 saturated heterocycles. The van der Waals surface area contributed by atoms with Crippen molar-refractivity contribution in [3.05, 3.63) is 59.7 Å². The maximum absolute atomic E-state index is 12.6. The van der Waals surface area contributed by atoms with Gasteiger partial charge >= 0.3 is 0 Å². The minimum absolute atomic E-state index is 0.212. The van der Waals surface area contributed by atoms with Crippen LogP contribution in [0.15, 0.2) is 53.4 Å². The molecule has 0 aliphatic carbocycles. The van der Waals surface area contributed by atoms with Crippen LogP contribution in [0.25, 0.3) is 0 Å². The number of carbonyl (C=O) groups is 1. The van der Waals surface area contributed by atoms with Crippen LogP contribution in [0, 0.1) is 13.8 Å². The number of hydrogen-bond acceptors (Lipinski definition) is 3. The van der Waals surface area contributed by atoms with Crippen molar-refractivity contribution in [1.82, 2.24) is 4.72 Å². The van der Waals surface area contributed by atoms with Crippen LogP contribution in [0.4, 0.5) is 5.69 Å². The first-order chi connectivity index (χ1) is 11.4. The van der Waals surface area contributed by atoms with E-state index >= 15 is 0 Å². The van der Waals surface area contributed by atoms with E-state index in [2.05, 4.69) is 4.72 Å². The number of benzene rings is 2. The van der Waals surface area contributed by atoms with Gasteiger partial charge in [-0.25, -0.2) is 8.42 Å². The minimum Gasteiger partial charge on any atom is -0.311 e. The van der Waals surface area contributed by atoms with Crippen molar-refractivity contribution in [2.24, 2.45) is 0 Å². The van der Waals surface area contributed by atoms with Gasteiger partial charge in [-0.15, -0.1) is 0 Å². The van der Waals surface area contributed by atoms with Gasteiger partial charge < -0.3 is 4.90 Å². The molecule has 0 spiro atoms.